The van der Waals surface area contributed by atoms with E-state index in [1.165, 1.54) is 17.3 Å². The predicted octanol–water partition coefficient (Wildman–Crippen LogP) is 1.63. The van der Waals surface area contributed by atoms with Gasteiger partial charge in [-0.25, -0.2) is 9.97 Å². The minimum absolute atomic E-state index is 0.0268. The molecule has 0 saturated carbocycles. The van der Waals surface area contributed by atoms with Gasteiger partial charge in [0.2, 0.25) is 0 Å². The molecular weight excluding hydrogens is 259 g/mol. The Balaban J connectivity index is 2.22. The first-order chi connectivity index (χ1) is 7.83. The Labute approximate surface area is 100 Å². The Morgan fingerprint density at radius 3 is 2.53 bits per heavy atom. The molecule has 0 bridgehead atoms. The van der Waals surface area contributed by atoms with Gasteiger partial charge in [-0.15, -0.1) is 0 Å². The van der Waals surface area contributed by atoms with E-state index in [4.69, 9.17) is 11.6 Å². The van der Waals surface area contributed by atoms with Crippen LogP contribution in [-0.2, 0) is 0 Å². The maximum absolute atomic E-state index is 12.6. The molecule has 0 aliphatic carbocycles. The molecule has 1 atom stereocenters. The van der Waals surface area contributed by atoms with Gasteiger partial charge < -0.3 is 10.0 Å². The average Bonchev–Trinajstić information content (AvgIpc) is 2.62. The third-order valence-corrected chi connectivity index (χ3v) is 2.98. The van der Waals surface area contributed by atoms with Crippen LogP contribution < -0.4 is 4.90 Å². The van der Waals surface area contributed by atoms with Crippen molar-refractivity contribution in [1.82, 2.24) is 9.97 Å². The van der Waals surface area contributed by atoms with Gasteiger partial charge in [-0.05, 0) is 0 Å². The molecule has 0 spiro atoms. The highest BCUT2D eigenvalue weighted by molar-refractivity contribution is 6.31. The summed E-state index contributed by atoms with van der Waals surface area (Å²) in [5.41, 5.74) is -2.70. The Kier molecular flexibility index (Phi) is 2.90. The second kappa shape index (κ2) is 3.99. The minimum Gasteiger partial charge on any atom is -0.379 e. The molecule has 1 aromatic heterocycles. The first kappa shape index (κ1) is 12.4. The fraction of sp³-hybridized carbons (Fsp3) is 0.556. The van der Waals surface area contributed by atoms with Crippen molar-refractivity contribution in [1.29, 1.82) is 0 Å². The van der Waals surface area contributed by atoms with Crippen molar-refractivity contribution in [2.24, 2.45) is 0 Å². The minimum atomic E-state index is -4.66. The van der Waals surface area contributed by atoms with Gasteiger partial charge in [0.1, 0.15) is 0 Å². The number of halogens is 4. The van der Waals surface area contributed by atoms with Crippen molar-refractivity contribution in [2.75, 3.05) is 18.0 Å². The normalized spacial score (nSPS) is 25.4. The zero-order chi connectivity index (χ0) is 12.7. The maximum atomic E-state index is 12.6. The first-order valence-electron chi connectivity index (χ1n) is 4.84. The van der Waals surface area contributed by atoms with Crippen LogP contribution in [0.15, 0.2) is 12.4 Å². The van der Waals surface area contributed by atoms with E-state index in [0.29, 0.717) is 0 Å². The van der Waals surface area contributed by atoms with Crippen molar-refractivity contribution >= 4 is 17.4 Å². The maximum Gasteiger partial charge on any atom is 0.418 e. The summed E-state index contributed by atoms with van der Waals surface area (Å²) in [4.78, 5) is 8.87. The van der Waals surface area contributed by atoms with Crippen molar-refractivity contribution in [3.63, 3.8) is 0 Å². The zero-order valence-corrected chi connectivity index (χ0v) is 9.33. The second-order valence-corrected chi connectivity index (χ2v) is 4.23. The first-order valence-corrected chi connectivity index (χ1v) is 5.22. The van der Waals surface area contributed by atoms with Gasteiger partial charge in [0.25, 0.3) is 0 Å². The van der Waals surface area contributed by atoms with E-state index in [9.17, 15) is 18.3 Å². The van der Waals surface area contributed by atoms with Gasteiger partial charge >= 0.3 is 6.18 Å². The number of β-amino-alcohol motifs (C(OH)–C–C–N with tert-alkyl or cyclic N) is 1. The lowest BCUT2D eigenvalue weighted by Crippen LogP contribution is -2.47. The molecule has 1 aliphatic rings. The molecule has 94 valence electrons. The molecule has 1 N–H and O–H groups in total. The molecule has 0 radical (unpaired) electrons. The summed E-state index contributed by atoms with van der Waals surface area (Å²) in [5, 5.41) is 9.52. The standard InChI is InChI=1S/C9H9ClF3N3O/c10-6-7(15-3-2-14-6)16-4-1-8(17,5-16)9(11,12)13/h2-3,17H,1,4-5H2/t8-/m0/s1. The van der Waals surface area contributed by atoms with E-state index >= 15 is 0 Å². The van der Waals surface area contributed by atoms with Crippen LogP contribution in [0.4, 0.5) is 19.0 Å². The van der Waals surface area contributed by atoms with Crippen molar-refractivity contribution in [3.8, 4) is 0 Å². The van der Waals surface area contributed by atoms with Crippen LogP contribution in [0.3, 0.4) is 0 Å². The van der Waals surface area contributed by atoms with Gasteiger partial charge in [-0.1, -0.05) is 11.6 Å². The van der Waals surface area contributed by atoms with E-state index in [-0.39, 0.29) is 17.5 Å². The van der Waals surface area contributed by atoms with Crippen LogP contribution in [0.2, 0.25) is 5.15 Å². The van der Waals surface area contributed by atoms with Crippen LogP contribution in [-0.4, -0.2) is 39.9 Å². The Bertz CT molecular complexity index is 428. The van der Waals surface area contributed by atoms with Gasteiger partial charge in [-0.3, -0.25) is 0 Å². The average molecular weight is 268 g/mol. The topological polar surface area (TPSA) is 49.2 Å². The summed E-state index contributed by atoms with van der Waals surface area (Å²) in [5.74, 6) is 0.161. The smallest absolute Gasteiger partial charge is 0.379 e. The number of rotatable bonds is 1. The number of hydrogen-bond acceptors (Lipinski definition) is 4. The SMILES string of the molecule is O[C@@]1(C(F)(F)F)CCN(c2nccnc2Cl)C1. The van der Waals surface area contributed by atoms with Gasteiger partial charge in [-0.2, -0.15) is 13.2 Å². The van der Waals surface area contributed by atoms with E-state index in [2.05, 4.69) is 9.97 Å². The van der Waals surface area contributed by atoms with Crippen molar-refractivity contribution in [2.45, 2.75) is 18.2 Å². The Hall–Kier alpha value is -1.08. The molecule has 0 aromatic carbocycles. The number of aromatic nitrogens is 2. The molecule has 17 heavy (non-hydrogen) atoms. The molecular formula is C9H9ClF3N3O. The van der Waals surface area contributed by atoms with Crippen LogP contribution in [0.5, 0.6) is 0 Å². The lowest BCUT2D eigenvalue weighted by Gasteiger charge is -2.26. The van der Waals surface area contributed by atoms with Gasteiger partial charge in [0.05, 0.1) is 6.54 Å². The summed E-state index contributed by atoms with van der Waals surface area (Å²) in [6, 6.07) is 0. The predicted molar refractivity (Wildman–Crippen MR) is 54.9 cm³/mol. The third-order valence-electron chi connectivity index (χ3n) is 2.71. The van der Waals surface area contributed by atoms with E-state index in [0.717, 1.165) is 0 Å². The molecule has 1 saturated heterocycles. The van der Waals surface area contributed by atoms with Crippen LogP contribution in [0.25, 0.3) is 0 Å². The fourth-order valence-electron chi connectivity index (χ4n) is 1.73. The van der Waals surface area contributed by atoms with Crippen LogP contribution >= 0.6 is 11.6 Å². The summed E-state index contributed by atoms with van der Waals surface area (Å²) in [7, 11) is 0. The molecule has 1 aliphatic heterocycles. The quantitative estimate of drug-likeness (QED) is 0.840. The summed E-state index contributed by atoms with van der Waals surface area (Å²) in [6.07, 6.45) is -2.37. The lowest BCUT2D eigenvalue weighted by molar-refractivity contribution is -0.250. The highest BCUT2D eigenvalue weighted by Gasteiger charge is 2.57. The highest BCUT2D eigenvalue weighted by Crippen LogP contribution is 2.39. The Morgan fingerprint density at radius 1 is 1.35 bits per heavy atom. The van der Waals surface area contributed by atoms with Gasteiger partial charge in [0.15, 0.2) is 16.6 Å². The lowest BCUT2D eigenvalue weighted by atomic mass is 10.0. The van der Waals surface area contributed by atoms with Crippen LogP contribution in [0, 0.1) is 0 Å². The van der Waals surface area contributed by atoms with Crippen molar-refractivity contribution in [3.05, 3.63) is 17.5 Å². The number of alkyl halides is 3. The van der Waals surface area contributed by atoms with Crippen molar-refractivity contribution < 1.29 is 18.3 Å². The number of aliphatic hydroxyl groups is 1. The molecule has 2 rings (SSSR count). The summed E-state index contributed by atoms with van der Waals surface area (Å²) >= 11 is 5.73. The molecule has 4 nitrogen and oxygen atoms in total. The van der Waals surface area contributed by atoms with Gasteiger partial charge in [0, 0.05) is 25.4 Å². The molecule has 1 fully saturated rings. The summed E-state index contributed by atoms with van der Waals surface area (Å²) < 4.78 is 37.8. The largest absolute Gasteiger partial charge is 0.418 e. The number of anilines is 1. The number of hydrogen-bond donors (Lipinski definition) is 1. The molecule has 2 heterocycles. The molecule has 1 aromatic rings. The highest BCUT2D eigenvalue weighted by atomic mass is 35.5. The van der Waals surface area contributed by atoms with E-state index in [1.54, 1.807) is 0 Å². The van der Waals surface area contributed by atoms with E-state index < -0.39 is 24.7 Å². The Morgan fingerprint density at radius 2 is 2.00 bits per heavy atom. The second-order valence-electron chi connectivity index (χ2n) is 3.87. The monoisotopic (exact) mass is 267 g/mol. The summed E-state index contributed by atoms with van der Waals surface area (Å²) in [6.45, 7) is -0.538. The molecule has 8 heteroatoms. The number of nitrogens with zero attached hydrogens (tertiary/aromatic N) is 3. The fourth-order valence-corrected chi connectivity index (χ4v) is 1.96. The van der Waals surface area contributed by atoms with E-state index in [1.807, 2.05) is 0 Å². The third kappa shape index (κ3) is 2.16. The molecule has 0 unspecified atom stereocenters. The molecule has 0 amide bonds. The zero-order valence-electron chi connectivity index (χ0n) is 8.58. The van der Waals surface area contributed by atoms with Crippen LogP contribution in [0.1, 0.15) is 6.42 Å².